The number of aliphatic carboxylic acids is 1. The second-order valence-electron chi connectivity index (χ2n) is 6.17. The van der Waals surface area contributed by atoms with E-state index in [-0.39, 0.29) is 24.8 Å². The molecule has 0 radical (unpaired) electrons. The fourth-order valence-electron chi connectivity index (χ4n) is 2.88. The van der Waals surface area contributed by atoms with E-state index in [1.807, 2.05) is 18.2 Å². The number of rotatable bonds is 6. The minimum atomic E-state index is -0.875. The van der Waals surface area contributed by atoms with Gasteiger partial charge in [0.25, 0.3) is 5.91 Å². The third kappa shape index (κ3) is 4.08. The van der Waals surface area contributed by atoms with Gasteiger partial charge in [-0.1, -0.05) is 30.3 Å². The molecule has 26 heavy (non-hydrogen) atoms. The molecule has 1 saturated heterocycles. The molecule has 1 N–H and O–H groups in total. The van der Waals surface area contributed by atoms with Gasteiger partial charge in [0.15, 0.2) is 12.4 Å². The SMILES string of the molecule is O=C(c1ccccc1)c1ccc(OCC(=O)N2CCC(C(=O)O)C2)cc1. The first-order chi connectivity index (χ1) is 12.5. The monoisotopic (exact) mass is 353 g/mol. The van der Waals surface area contributed by atoms with Crippen molar-refractivity contribution < 1.29 is 24.2 Å². The van der Waals surface area contributed by atoms with Gasteiger partial charge in [-0.3, -0.25) is 14.4 Å². The Kier molecular flexibility index (Phi) is 5.31. The number of carboxylic acids is 1. The van der Waals surface area contributed by atoms with Crippen LogP contribution in [0.15, 0.2) is 54.6 Å². The van der Waals surface area contributed by atoms with Gasteiger partial charge in [0.2, 0.25) is 0 Å². The van der Waals surface area contributed by atoms with Crippen molar-refractivity contribution in [1.29, 1.82) is 0 Å². The molecule has 1 aliphatic rings. The predicted octanol–water partition coefficient (Wildman–Crippen LogP) is 2.23. The van der Waals surface area contributed by atoms with Crippen molar-refractivity contribution in [2.45, 2.75) is 6.42 Å². The maximum Gasteiger partial charge on any atom is 0.308 e. The molecule has 1 amide bonds. The van der Waals surface area contributed by atoms with Crippen LogP contribution in [0.3, 0.4) is 0 Å². The van der Waals surface area contributed by atoms with Crippen LogP contribution in [-0.4, -0.2) is 47.4 Å². The molecule has 1 aliphatic heterocycles. The van der Waals surface area contributed by atoms with Crippen molar-refractivity contribution in [3.05, 3.63) is 65.7 Å². The number of benzene rings is 2. The van der Waals surface area contributed by atoms with E-state index in [1.165, 1.54) is 4.90 Å². The minimum Gasteiger partial charge on any atom is -0.484 e. The van der Waals surface area contributed by atoms with E-state index in [9.17, 15) is 14.4 Å². The maximum absolute atomic E-state index is 12.3. The highest BCUT2D eigenvalue weighted by molar-refractivity contribution is 6.08. The van der Waals surface area contributed by atoms with Gasteiger partial charge in [0.05, 0.1) is 5.92 Å². The number of amides is 1. The summed E-state index contributed by atoms with van der Waals surface area (Å²) < 4.78 is 5.47. The Balaban J connectivity index is 1.54. The molecule has 1 heterocycles. The number of carboxylic acid groups (broad SMARTS) is 1. The first-order valence-electron chi connectivity index (χ1n) is 8.38. The first-order valence-corrected chi connectivity index (χ1v) is 8.38. The van der Waals surface area contributed by atoms with Crippen LogP contribution in [0.25, 0.3) is 0 Å². The quantitative estimate of drug-likeness (QED) is 0.805. The molecule has 0 bridgehead atoms. The van der Waals surface area contributed by atoms with Crippen LogP contribution in [0.5, 0.6) is 5.75 Å². The topological polar surface area (TPSA) is 83.9 Å². The number of ether oxygens (including phenoxy) is 1. The molecular weight excluding hydrogens is 334 g/mol. The van der Waals surface area contributed by atoms with Crippen LogP contribution in [0.1, 0.15) is 22.3 Å². The van der Waals surface area contributed by atoms with E-state index in [0.29, 0.717) is 29.8 Å². The molecule has 0 aliphatic carbocycles. The Morgan fingerprint density at radius 2 is 1.65 bits per heavy atom. The predicted molar refractivity (Wildman–Crippen MR) is 94.1 cm³/mol. The van der Waals surface area contributed by atoms with E-state index in [0.717, 1.165) is 0 Å². The molecule has 134 valence electrons. The van der Waals surface area contributed by atoms with Crippen molar-refractivity contribution in [1.82, 2.24) is 4.90 Å². The highest BCUT2D eigenvalue weighted by Gasteiger charge is 2.30. The molecule has 1 unspecified atom stereocenters. The highest BCUT2D eigenvalue weighted by Crippen LogP contribution is 2.18. The summed E-state index contributed by atoms with van der Waals surface area (Å²) in [5.41, 5.74) is 1.15. The standard InChI is InChI=1S/C20H19NO5/c22-18(21-11-10-16(12-21)20(24)25)13-26-17-8-6-15(7-9-17)19(23)14-4-2-1-3-5-14/h1-9,16H,10-13H2,(H,24,25). The number of ketones is 1. The Labute approximate surface area is 151 Å². The molecule has 1 atom stereocenters. The number of hydrogen-bond acceptors (Lipinski definition) is 4. The molecule has 0 aromatic heterocycles. The molecule has 2 aromatic rings. The fraction of sp³-hybridized carbons (Fsp3) is 0.250. The van der Waals surface area contributed by atoms with Crippen LogP contribution in [0.2, 0.25) is 0 Å². The van der Waals surface area contributed by atoms with Gasteiger partial charge in [-0.15, -0.1) is 0 Å². The van der Waals surface area contributed by atoms with Gasteiger partial charge in [-0.2, -0.15) is 0 Å². The Morgan fingerprint density at radius 3 is 2.27 bits per heavy atom. The molecular formula is C20H19NO5. The third-order valence-electron chi connectivity index (χ3n) is 4.40. The van der Waals surface area contributed by atoms with Gasteiger partial charge < -0.3 is 14.7 Å². The lowest BCUT2D eigenvalue weighted by molar-refractivity contribution is -0.141. The summed E-state index contributed by atoms with van der Waals surface area (Å²) in [5, 5.41) is 8.98. The molecule has 3 rings (SSSR count). The molecule has 6 heteroatoms. The smallest absolute Gasteiger partial charge is 0.308 e. The summed E-state index contributed by atoms with van der Waals surface area (Å²) in [6, 6.07) is 15.6. The van der Waals surface area contributed by atoms with Gasteiger partial charge in [0.1, 0.15) is 5.75 Å². The number of hydrogen-bond donors (Lipinski definition) is 1. The molecule has 1 fully saturated rings. The number of carbonyl (C=O) groups is 3. The van der Waals surface area contributed by atoms with Crippen molar-refractivity contribution in [3.8, 4) is 5.75 Å². The lowest BCUT2D eigenvalue weighted by Crippen LogP contribution is -2.33. The summed E-state index contributed by atoms with van der Waals surface area (Å²) in [5.74, 6) is -1.21. The van der Waals surface area contributed by atoms with Crippen molar-refractivity contribution in [3.63, 3.8) is 0 Å². The minimum absolute atomic E-state index is 0.0787. The van der Waals surface area contributed by atoms with Crippen molar-refractivity contribution in [2.24, 2.45) is 5.92 Å². The molecule has 0 saturated carbocycles. The van der Waals surface area contributed by atoms with Gasteiger partial charge in [0, 0.05) is 24.2 Å². The molecule has 6 nitrogen and oxygen atoms in total. The second-order valence-corrected chi connectivity index (χ2v) is 6.17. The highest BCUT2D eigenvalue weighted by atomic mass is 16.5. The molecule has 2 aromatic carbocycles. The zero-order valence-electron chi connectivity index (χ0n) is 14.1. The van der Waals surface area contributed by atoms with E-state index in [2.05, 4.69) is 0 Å². The Bertz CT molecular complexity index is 801. The third-order valence-corrected chi connectivity index (χ3v) is 4.40. The van der Waals surface area contributed by atoms with Crippen LogP contribution >= 0.6 is 0 Å². The number of likely N-dealkylation sites (tertiary alicyclic amines) is 1. The van der Waals surface area contributed by atoms with E-state index in [1.54, 1.807) is 36.4 Å². The van der Waals surface area contributed by atoms with Crippen LogP contribution < -0.4 is 4.74 Å². The summed E-state index contributed by atoms with van der Waals surface area (Å²) in [6.45, 7) is 0.504. The van der Waals surface area contributed by atoms with Gasteiger partial charge in [-0.25, -0.2) is 0 Å². The second kappa shape index (κ2) is 7.82. The number of carbonyl (C=O) groups excluding carboxylic acids is 2. The van der Waals surface area contributed by atoms with Crippen LogP contribution in [0, 0.1) is 5.92 Å². The van der Waals surface area contributed by atoms with E-state index in [4.69, 9.17) is 9.84 Å². The molecule has 0 spiro atoms. The Morgan fingerprint density at radius 1 is 1.00 bits per heavy atom. The zero-order valence-corrected chi connectivity index (χ0v) is 14.1. The van der Waals surface area contributed by atoms with Crippen LogP contribution in [0.4, 0.5) is 0 Å². The summed E-state index contributed by atoms with van der Waals surface area (Å²) >= 11 is 0. The Hall–Kier alpha value is -3.15. The lowest BCUT2D eigenvalue weighted by Gasteiger charge is -2.16. The summed E-state index contributed by atoms with van der Waals surface area (Å²) in [6.07, 6.45) is 0.470. The largest absolute Gasteiger partial charge is 0.484 e. The lowest BCUT2D eigenvalue weighted by atomic mass is 10.0. The van der Waals surface area contributed by atoms with Crippen molar-refractivity contribution >= 4 is 17.7 Å². The normalized spacial score (nSPS) is 16.3. The summed E-state index contributed by atoms with van der Waals surface area (Å²) in [7, 11) is 0. The average Bonchev–Trinajstić information content (AvgIpc) is 3.17. The van der Waals surface area contributed by atoms with Crippen molar-refractivity contribution in [2.75, 3.05) is 19.7 Å². The fourth-order valence-corrected chi connectivity index (χ4v) is 2.88. The van der Waals surface area contributed by atoms with E-state index >= 15 is 0 Å². The van der Waals surface area contributed by atoms with Crippen LogP contribution in [-0.2, 0) is 9.59 Å². The van der Waals surface area contributed by atoms with E-state index < -0.39 is 11.9 Å². The first kappa shape index (κ1) is 17.7. The number of nitrogens with zero attached hydrogens (tertiary/aromatic N) is 1. The van der Waals surface area contributed by atoms with Gasteiger partial charge in [-0.05, 0) is 30.7 Å². The average molecular weight is 353 g/mol. The zero-order chi connectivity index (χ0) is 18.5. The summed E-state index contributed by atoms with van der Waals surface area (Å²) in [4.78, 5) is 36.9. The van der Waals surface area contributed by atoms with Gasteiger partial charge >= 0.3 is 5.97 Å². The maximum atomic E-state index is 12.3.